The lowest BCUT2D eigenvalue weighted by molar-refractivity contribution is 0.185. The Hall–Kier alpha value is -2.64. The van der Waals surface area contributed by atoms with Gasteiger partial charge in [0.15, 0.2) is 0 Å². The lowest BCUT2D eigenvalue weighted by Gasteiger charge is -2.23. The average Bonchev–Trinajstić information content (AvgIpc) is 3.35. The SMILES string of the molecule is C=C(OC(C)c1nc(N2CC3CCC(NC)C3C2)cnc1N)c1ccc(CNC)cc1. The molecule has 31 heavy (non-hydrogen) atoms. The van der Waals surface area contributed by atoms with Crippen LogP contribution in [0, 0.1) is 11.8 Å². The van der Waals surface area contributed by atoms with Crippen LogP contribution in [0.5, 0.6) is 0 Å². The number of hydrogen-bond acceptors (Lipinski definition) is 7. The lowest BCUT2D eigenvalue weighted by Crippen LogP contribution is -2.33. The summed E-state index contributed by atoms with van der Waals surface area (Å²) in [4.78, 5) is 11.6. The van der Waals surface area contributed by atoms with Crippen molar-refractivity contribution in [2.75, 3.05) is 37.8 Å². The molecule has 0 radical (unpaired) electrons. The van der Waals surface area contributed by atoms with Crippen LogP contribution < -0.4 is 21.3 Å². The number of fused-ring (bicyclic) bond motifs is 1. The molecule has 166 valence electrons. The van der Waals surface area contributed by atoms with E-state index in [1.807, 2.05) is 26.1 Å². The third kappa shape index (κ3) is 4.52. The van der Waals surface area contributed by atoms with Crippen molar-refractivity contribution in [1.82, 2.24) is 20.6 Å². The maximum Gasteiger partial charge on any atom is 0.149 e. The highest BCUT2D eigenvalue weighted by Crippen LogP contribution is 2.39. The molecule has 0 spiro atoms. The summed E-state index contributed by atoms with van der Waals surface area (Å²) in [5, 5.41) is 6.63. The third-order valence-electron chi connectivity index (χ3n) is 6.73. The first-order chi connectivity index (χ1) is 15.0. The highest BCUT2D eigenvalue weighted by Gasteiger charge is 2.42. The second-order valence-corrected chi connectivity index (χ2v) is 8.71. The molecule has 1 saturated carbocycles. The van der Waals surface area contributed by atoms with Crippen molar-refractivity contribution in [3.8, 4) is 0 Å². The molecule has 7 heteroatoms. The summed E-state index contributed by atoms with van der Waals surface area (Å²) < 4.78 is 6.11. The van der Waals surface area contributed by atoms with Gasteiger partial charge in [-0.25, -0.2) is 9.97 Å². The number of nitrogens with two attached hydrogens (primary N) is 1. The highest BCUT2D eigenvalue weighted by atomic mass is 16.5. The Morgan fingerprint density at radius 2 is 2.03 bits per heavy atom. The second-order valence-electron chi connectivity index (χ2n) is 8.71. The van der Waals surface area contributed by atoms with Gasteiger partial charge in [0.25, 0.3) is 0 Å². The third-order valence-corrected chi connectivity index (χ3v) is 6.73. The van der Waals surface area contributed by atoms with Crippen LogP contribution in [0.25, 0.3) is 5.76 Å². The highest BCUT2D eigenvalue weighted by molar-refractivity contribution is 5.58. The number of nitrogens with one attached hydrogen (secondary N) is 2. The van der Waals surface area contributed by atoms with Gasteiger partial charge in [0, 0.05) is 31.2 Å². The van der Waals surface area contributed by atoms with Gasteiger partial charge >= 0.3 is 0 Å². The van der Waals surface area contributed by atoms with Crippen LogP contribution in [0.15, 0.2) is 37.0 Å². The van der Waals surface area contributed by atoms with Gasteiger partial charge in [0.05, 0.1) is 6.20 Å². The zero-order valence-electron chi connectivity index (χ0n) is 18.8. The van der Waals surface area contributed by atoms with Crippen LogP contribution in [-0.4, -0.2) is 43.2 Å². The molecule has 4 rings (SSSR count). The Kier molecular flexibility index (Phi) is 6.43. The Labute approximate surface area is 185 Å². The number of rotatable bonds is 8. The van der Waals surface area contributed by atoms with Gasteiger partial charge < -0.3 is 26.0 Å². The van der Waals surface area contributed by atoms with Crippen molar-refractivity contribution in [3.63, 3.8) is 0 Å². The van der Waals surface area contributed by atoms with E-state index in [0.29, 0.717) is 29.2 Å². The van der Waals surface area contributed by atoms with E-state index in [1.165, 1.54) is 18.4 Å². The molecule has 1 aromatic heterocycles. The summed E-state index contributed by atoms with van der Waals surface area (Å²) >= 11 is 0. The Morgan fingerprint density at radius 3 is 2.74 bits per heavy atom. The summed E-state index contributed by atoms with van der Waals surface area (Å²) in [6.45, 7) is 8.92. The quantitative estimate of drug-likeness (QED) is 0.564. The number of nitrogens with zero attached hydrogens (tertiary/aromatic N) is 3. The molecule has 1 aliphatic carbocycles. The fourth-order valence-electron chi connectivity index (χ4n) is 5.02. The van der Waals surface area contributed by atoms with E-state index in [-0.39, 0.29) is 6.10 Å². The van der Waals surface area contributed by atoms with E-state index in [2.05, 4.69) is 46.3 Å². The molecule has 4 N–H and O–H groups in total. The van der Waals surface area contributed by atoms with Crippen molar-refractivity contribution in [1.29, 1.82) is 0 Å². The van der Waals surface area contributed by atoms with Crippen LogP contribution in [-0.2, 0) is 11.3 Å². The van der Waals surface area contributed by atoms with Gasteiger partial charge in [0.1, 0.15) is 29.2 Å². The van der Waals surface area contributed by atoms with Gasteiger partial charge in [-0.1, -0.05) is 30.8 Å². The molecule has 1 saturated heterocycles. The maximum atomic E-state index is 6.17. The molecular weight excluding hydrogens is 388 g/mol. The summed E-state index contributed by atoms with van der Waals surface area (Å²) in [5.41, 5.74) is 8.99. The lowest BCUT2D eigenvalue weighted by atomic mass is 9.98. The molecule has 1 aromatic carbocycles. The first kappa shape index (κ1) is 21.6. The Morgan fingerprint density at radius 1 is 1.26 bits per heavy atom. The van der Waals surface area contributed by atoms with Crippen LogP contribution >= 0.6 is 0 Å². The molecule has 2 aliphatic rings. The van der Waals surface area contributed by atoms with Crippen molar-refractivity contribution in [2.24, 2.45) is 11.8 Å². The topological polar surface area (TPSA) is 88.3 Å². The van der Waals surface area contributed by atoms with E-state index in [0.717, 1.165) is 36.9 Å². The average molecular weight is 423 g/mol. The Balaban J connectivity index is 1.45. The minimum atomic E-state index is -0.343. The van der Waals surface area contributed by atoms with E-state index >= 15 is 0 Å². The molecule has 1 aliphatic heterocycles. The monoisotopic (exact) mass is 422 g/mol. The van der Waals surface area contributed by atoms with Gasteiger partial charge in [-0.05, 0) is 51.3 Å². The molecular formula is C24H34N6O. The van der Waals surface area contributed by atoms with E-state index in [1.54, 1.807) is 6.20 Å². The van der Waals surface area contributed by atoms with E-state index < -0.39 is 0 Å². The largest absolute Gasteiger partial charge is 0.484 e. The first-order valence-corrected chi connectivity index (χ1v) is 11.1. The van der Waals surface area contributed by atoms with Crippen LogP contribution in [0.1, 0.15) is 42.7 Å². The first-order valence-electron chi connectivity index (χ1n) is 11.1. The van der Waals surface area contributed by atoms with Crippen molar-refractivity contribution < 1.29 is 4.74 Å². The van der Waals surface area contributed by atoms with Gasteiger partial charge in [0.2, 0.25) is 0 Å². The van der Waals surface area contributed by atoms with Crippen molar-refractivity contribution in [3.05, 3.63) is 53.9 Å². The minimum Gasteiger partial charge on any atom is -0.484 e. The number of aromatic nitrogens is 2. The van der Waals surface area contributed by atoms with Crippen LogP contribution in [0.4, 0.5) is 11.6 Å². The molecule has 4 atom stereocenters. The zero-order chi connectivity index (χ0) is 22.0. The molecule has 2 heterocycles. The smallest absolute Gasteiger partial charge is 0.149 e. The summed E-state index contributed by atoms with van der Waals surface area (Å²) in [6.07, 6.45) is 3.98. The summed E-state index contributed by atoms with van der Waals surface area (Å²) in [5.74, 6) is 3.28. The van der Waals surface area contributed by atoms with Gasteiger partial charge in [-0.3, -0.25) is 0 Å². The molecule has 4 unspecified atom stereocenters. The fourth-order valence-corrected chi connectivity index (χ4v) is 5.02. The number of ether oxygens (including phenoxy) is 1. The normalized spacial score (nSPS) is 23.6. The van der Waals surface area contributed by atoms with E-state index in [9.17, 15) is 0 Å². The number of hydrogen-bond donors (Lipinski definition) is 3. The van der Waals surface area contributed by atoms with Crippen LogP contribution in [0.2, 0.25) is 0 Å². The summed E-state index contributed by atoms with van der Waals surface area (Å²) in [6, 6.07) is 8.79. The van der Waals surface area contributed by atoms with Gasteiger partial charge in [-0.15, -0.1) is 0 Å². The summed E-state index contributed by atoms with van der Waals surface area (Å²) in [7, 11) is 4.00. The predicted molar refractivity (Wildman–Crippen MR) is 125 cm³/mol. The number of anilines is 2. The molecule has 2 aromatic rings. The van der Waals surface area contributed by atoms with E-state index in [4.69, 9.17) is 15.5 Å². The van der Waals surface area contributed by atoms with Crippen molar-refractivity contribution >= 4 is 17.4 Å². The second kappa shape index (κ2) is 9.24. The van der Waals surface area contributed by atoms with Crippen LogP contribution in [0.3, 0.4) is 0 Å². The number of benzene rings is 1. The van der Waals surface area contributed by atoms with Gasteiger partial charge in [-0.2, -0.15) is 0 Å². The molecule has 0 bridgehead atoms. The Bertz CT molecular complexity index is 915. The minimum absolute atomic E-state index is 0.343. The maximum absolute atomic E-state index is 6.17. The fraction of sp³-hybridized carbons (Fsp3) is 0.500. The standard InChI is InChI=1S/C24H34N6O/c1-15(18-7-5-17(6-8-18)11-26-3)31-16(2)23-24(25)28-12-22(29-23)30-13-19-9-10-21(27-4)20(19)14-30/h5-8,12,16,19-21,26-27H,1,9-11,13-14H2,2-4H3,(H2,25,28). The molecule has 0 amide bonds. The number of nitrogen functional groups attached to an aromatic ring is 1. The van der Waals surface area contributed by atoms with Crippen molar-refractivity contribution in [2.45, 2.75) is 38.5 Å². The molecule has 2 fully saturated rings. The molecule has 7 nitrogen and oxygen atoms in total. The predicted octanol–water partition coefficient (Wildman–Crippen LogP) is 2.96. The zero-order valence-corrected chi connectivity index (χ0v) is 18.8.